The summed E-state index contributed by atoms with van der Waals surface area (Å²) in [6, 6.07) is 2.30. The zero-order chi connectivity index (χ0) is 19.9. The van der Waals surface area contributed by atoms with Gasteiger partial charge in [-0.15, -0.1) is 0 Å². The van der Waals surface area contributed by atoms with Gasteiger partial charge in [0.15, 0.2) is 17.5 Å². The number of hydrogen-bond acceptors (Lipinski definition) is 0. The maximum atomic E-state index is 13.4. The van der Waals surface area contributed by atoms with Crippen LogP contribution in [0.3, 0.4) is 0 Å². The normalized spacial score (nSPS) is 28.7. The van der Waals surface area contributed by atoms with E-state index in [4.69, 9.17) is 0 Å². The van der Waals surface area contributed by atoms with E-state index < -0.39 is 17.5 Å². The summed E-state index contributed by atoms with van der Waals surface area (Å²) in [5.41, 5.74) is 0.577. The first kappa shape index (κ1) is 21.5. The van der Waals surface area contributed by atoms with Crippen LogP contribution < -0.4 is 0 Å². The highest BCUT2D eigenvalue weighted by Crippen LogP contribution is 2.42. The van der Waals surface area contributed by atoms with Gasteiger partial charge in [-0.25, -0.2) is 13.2 Å². The Labute approximate surface area is 168 Å². The van der Waals surface area contributed by atoms with Gasteiger partial charge in [-0.3, -0.25) is 0 Å². The van der Waals surface area contributed by atoms with E-state index in [1.165, 1.54) is 64.2 Å². The van der Waals surface area contributed by atoms with Crippen molar-refractivity contribution in [3.05, 3.63) is 47.3 Å². The Bertz CT molecular complexity index is 612. The van der Waals surface area contributed by atoms with Crippen LogP contribution in [0.5, 0.6) is 0 Å². The summed E-state index contributed by atoms with van der Waals surface area (Å²) in [7, 11) is 0. The Morgan fingerprint density at radius 1 is 0.857 bits per heavy atom. The van der Waals surface area contributed by atoms with Crippen LogP contribution >= 0.6 is 0 Å². The first-order valence-corrected chi connectivity index (χ1v) is 11.4. The lowest BCUT2D eigenvalue weighted by atomic mass is 9.68. The van der Waals surface area contributed by atoms with E-state index in [9.17, 15) is 13.2 Å². The number of unbranched alkanes of at least 4 members (excludes halogenated alkanes) is 1. The maximum Gasteiger partial charge on any atom is 0.194 e. The highest BCUT2D eigenvalue weighted by molar-refractivity contribution is 5.19. The minimum Gasteiger partial charge on any atom is -0.204 e. The summed E-state index contributed by atoms with van der Waals surface area (Å²) < 4.78 is 39.8. The van der Waals surface area contributed by atoms with E-state index in [-0.39, 0.29) is 0 Å². The summed E-state index contributed by atoms with van der Waals surface area (Å²) in [5, 5.41) is 0. The Morgan fingerprint density at radius 3 is 2.00 bits per heavy atom. The molecule has 0 radical (unpaired) electrons. The van der Waals surface area contributed by atoms with Crippen molar-refractivity contribution in [3.8, 4) is 0 Å². The Morgan fingerprint density at radius 2 is 1.43 bits per heavy atom. The highest BCUT2D eigenvalue weighted by atomic mass is 19.2. The standard InChI is InChI=1S/C25H35F3/c1-2-3-4-5-18-8-12-21(13-9-18)22-14-10-19(11-15-22)6-7-20-16-23(26)25(28)24(27)17-20/h4-5,16-19,21-22H,2-3,6-15H2,1H3/b5-4+. The number of rotatable bonds is 7. The van der Waals surface area contributed by atoms with Gasteiger partial charge in [0.1, 0.15) is 0 Å². The third-order valence-electron chi connectivity index (χ3n) is 7.12. The molecule has 2 fully saturated rings. The molecule has 0 atom stereocenters. The summed E-state index contributed by atoms with van der Waals surface area (Å²) in [4.78, 5) is 0. The number of hydrogen-bond donors (Lipinski definition) is 0. The first-order chi connectivity index (χ1) is 13.6. The van der Waals surface area contributed by atoms with Crippen molar-refractivity contribution in [2.45, 2.75) is 84.0 Å². The van der Waals surface area contributed by atoms with Gasteiger partial charge < -0.3 is 0 Å². The van der Waals surface area contributed by atoms with Crippen molar-refractivity contribution in [1.29, 1.82) is 0 Å². The predicted octanol–water partition coefficient (Wildman–Crippen LogP) is 8.01. The molecule has 1 aromatic rings. The van der Waals surface area contributed by atoms with Crippen LogP contribution in [0.4, 0.5) is 13.2 Å². The van der Waals surface area contributed by atoms with Gasteiger partial charge >= 0.3 is 0 Å². The number of allylic oxidation sites excluding steroid dienone is 2. The molecule has 2 saturated carbocycles. The summed E-state index contributed by atoms with van der Waals surface area (Å²) in [6.07, 6.45) is 19.4. The van der Waals surface area contributed by atoms with Gasteiger partial charge in [-0.2, -0.15) is 0 Å². The summed E-state index contributed by atoms with van der Waals surface area (Å²) in [6.45, 7) is 2.23. The van der Waals surface area contributed by atoms with Crippen molar-refractivity contribution in [2.24, 2.45) is 23.7 Å². The molecule has 3 heteroatoms. The van der Waals surface area contributed by atoms with Crippen LogP contribution in [0.1, 0.15) is 83.1 Å². The topological polar surface area (TPSA) is 0 Å². The molecule has 3 rings (SSSR count). The smallest absolute Gasteiger partial charge is 0.194 e. The van der Waals surface area contributed by atoms with Crippen LogP contribution in [-0.2, 0) is 6.42 Å². The van der Waals surface area contributed by atoms with Gasteiger partial charge in [0.25, 0.3) is 0 Å². The van der Waals surface area contributed by atoms with Crippen molar-refractivity contribution >= 4 is 0 Å². The van der Waals surface area contributed by atoms with Gasteiger partial charge in [-0.1, -0.05) is 38.3 Å². The van der Waals surface area contributed by atoms with Crippen LogP contribution in [0.25, 0.3) is 0 Å². The second kappa shape index (κ2) is 10.5. The second-order valence-electron chi connectivity index (χ2n) is 9.08. The molecule has 0 aromatic heterocycles. The fourth-order valence-corrected chi connectivity index (χ4v) is 5.34. The van der Waals surface area contributed by atoms with Crippen LogP contribution in [-0.4, -0.2) is 0 Å². The molecule has 0 bridgehead atoms. The SMILES string of the molecule is CCC/C=C/C1CCC(C2CCC(CCc3cc(F)c(F)c(F)c3)CC2)CC1. The molecule has 0 spiro atoms. The van der Waals surface area contributed by atoms with Crippen LogP contribution in [0, 0.1) is 41.1 Å². The van der Waals surface area contributed by atoms with E-state index in [0.717, 1.165) is 36.3 Å². The van der Waals surface area contributed by atoms with E-state index in [0.29, 0.717) is 17.9 Å². The molecule has 0 unspecified atom stereocenters. The number of benzene rings is 1. The third-order valence-corrected chi connectivity index (χ3v) is 7.12. The maximum absolute atomic E-state index is 13.4. The second-order valence-corrected chi connectivity index (χ2v) is 9.08. The molecule has 2 aliphatic rings. The lowest BCUT2D eigenvalue weighted by Crippen LogP contribution is -2.25. The summed E-state index contributed by atoms with van der Waals surface area (Å²) >= 11 is 0. The molecule has 0 nitrogen and oxygen atoms in total. The quantitative estimate of drug-likeness (QED) is 0.326. The molecular weight excluding hydrogens is 357 g/mol. The Kier molecular flexibility index (Phi) is 8.05. The minimum absolute atomic E-state index is 0.577. The molecular formula is C25H35F3. The van der Waals surface area contributed by atoms with Crippen molar-refractivity contribution in [1.82, 2.24) is 0 Å². The molecule has 1 aromatic carbocycles. The van der Waals surface area contributed by atoms with Gasteiger partial charge in [0.05, 0.1) is 0 Å². The van der Waals surface area contributed by atoms with E-state index in [2.05, 4.69) is 19.1 Å². The third kappa shape index (κ3) is 5.87. The first-order valence-electron chi connectivity index (χ1n) is 11.4. The van der Waals surface area contributed by atoms with Crippen molar-refractivity contribution < 1.29 is 13.2 Å². The predicted molar refractivity (Wildman–Crippen MR) is 110 cm³/mol. The van der Waals surface area contributed by atoms with E-state index >= 15 is 0 Å². The van der Waals surface area contributed by atoms with Gasteiger partial charge in [0, 0.05) is 0 Å². The fourth-order valence-electron chi connectivity index (χ4n) is 5.34. The lowest BCUT2D eigenvalue weighted by Gasteiger charge is -2.37. The minimum atomic E-state index is -1.36. The molecule has 0 heterocycles. The van der Waals surface area contributed by atoms with Gasteiger partial charge in [0.2, 0.25) is 0 Å². The van der Waals surface area contributed by atoms with Crippen molar-refractivity contribution in [3.63, 3.8) is 0 Å². The molecule has 156 valence electrons. The van der Waals surface area contributed by atoms with Crippen molar-refractivity contribution in [2.75, 3.05) is 0 Å². The zero-order valence-corrected chi connectivity index (χ0v) is 17.2. The van der Waals surface area contributed by atoms with Gasteiger partial charge in [-0.05, 0) is 99.2 Å². The molecule has 28 heavy (non-hydrogen) atoms. The van der Waals surface area contributed by atoms with E-state index in [1.807, 2.05) is 0 Å². The Hall–Kier alpha value is -1.25. The highest BCUT2D eigenvalue weighted by Gasteiger charge is 2.30. The molecule has 0 amide bonds. The molecule has 0 saturated heterocycles. The zero-order valence-electron chi connectivity index (χ0n) is 17.2. The van der Waals surface area contributed by atoms with E-state index in [1.54, 1.807) is 0 Å². The number of halogens is 3. The number of aryl methyl sites for hydroxylation is 1. The van der Waals surface area contributed by atoms with Crippen LogP contribution in [0.2, 0.25) is 0 Å². The summed E-state index contributed by atoms with van der Waals surface area (Å²) in [5.74, 6) is -0.288. The molecule has 2 aliphatic carbocycles. The average Bonchev–Trinajstić information content (AvgIpc) is 2.71. The Balaban J connectivity index is 1.38. The molecule has 0 aliphatic heterocycles. The largest absolute Gasteiger partial charge is 0.204 e. The molecule has 0 N–H and O–H groups in total. The fraction of sp³-hybridized carbons (Fsp3) is 0.680. The lowest BCUT2D eigenvalue weighted by molar-refractivity contribution is 0.152. The monoisotopic (exact) mass is 392 g/mol. The van der Waals surface area contributed by atoms with Crippen LogP contribution in [0.15, 0.2) is 24.3 Å². The average molecular weight is 393 g/mol.